The van der Waals surface area contributed by atoms with Gasteiger partial charge in [-0.1, -0.05) is 48.5 Å². The van der Waals surface area contributed by atoms with Crippen LogP contribution in [0.3, 0.4) is 0 Å². The van der Waals surface area contributed by atoms with Crippen LogP contribution in [0.2, 0.25) is 0 Å². The second-order valence-electron chi connectivity index (χ2n) is 6.28. The summed E-state index contributed by atoms with van der Waals surface area (Å²) in [6, 6.07) is 24.3. The third-order valence-electron chi connectivity index (χ3n) is 4.26. The molecule has 0 saturated heterocycles. The van der Waals surface area contributed by atoms with Gasteiger partial charge in [0.25, 0.3) is 0 Å². The molecule has 0 atom stereocenters. The number of hydrogen-bond donors (Lipinski definition) is 0. The van der Waals surface area contributed by atoms with Gasteiger partial charge in [-0.2, -0.15) is 0 Å². The summed E-state index contributed by atoms with van der Waals surface area (Å²) < 4.78 is 0. The summed E-state index contributed by atoms with van der Waals surface area (Å²) in [4.78, 5) is 18.1. The fourth-order valence-electron chi connectivity index (χ4n) is 2.88. The molecule has 2 aromatic heterocycles. The molecular formula is C23H20N4. The van der Waals surface area contributed by atoms with Crippen LogP contribution in [0, 0.1) is 0 Å². The maximum absolute atomic E-state index is 4.59. The first kappa shape index (κ1) is 17.0. The van der Waals surface area contributed by atoms with E-state index in [0.29, 0.717) is 0 Å². The highest BCUT2D eigenvalue weighted by Gasteiger charge is 1.96. The van der Waals surface area contributed by atoms with E-state index in [1.165, 1.54) is 0 Å². The Kier molecular flexibility index (Phi) is 5.25. The minimum atomic E-state index is 0.733. The third kappa shape index (κ3) is 4.42. The first-order valence-corrected chi connectivity index (χ1v) is 9.10. The molecule has 2 aromatic carbocycles. The smallest absolute Gasteiger partial charge is 0.0815 e. The van der Waals surface area contributed by atoms with Crippen molar-refractivity contribution in [1.82, 2.24) is 9.97 Å². The number of benzene rings is 2. The molecular weight excluding hydrogens is 332 g/mol. The average Bonchev–Trinajstić information content (AvgIpc) is 2.73. The molecule has 0 fully saturated rings. The van der Waals surface area contributed by atoms with Gasteiger partial charge in [-0.3, -0.25) is 9.98 Å². The summed E-state index contributed by atoms with van der Waals surface area (Å²) in [6.45, 7) is 1.47. The lowest BCUT2D eigenvalue weighted by atomic mass is 10.2. The number of nitrogens with zero attached hydrogens (tertiary/aromatic N) is 4. The number of aromatic nitrogens is 2. The highest BCUT2D eigenvalue weighted by molar-refractivity contribution is 5.85. The standard InChI is InChI=1S/C23H20N4/c1-3-8-22-18(6-1)10-12-20(26-22)16-24-14-5-15-25-17-21-13-11-19-7-2-4-9-23(19)27-21/h1-4,6-13,16-17H,5,14-15H2. The van der Waals surface area contributed by atoms with E-state index >= 15 is 0 Å². The molecule has 0 saturated carbocycles. The lowest BCUT2D eigenvalue weighted by molar-refractivity contribution is 0.850. The molecule has 0 aliphatic carbocycles. The van der Waals surface area contributed by atoms with E-state index in [0.717, 1.165) is 52.7 Å². The van der Waals surface area contributed by atoms with E-state index in [2.05, 4.69) is 44.2 Å². The van der Waals surface area contributed by atoms with Crippen molar-refractivity contribution in [2.75, 3.05) is 13.1 Å². The second kappa shape index (κ2) is 8.32. The normalized spacial score (nSPS) is 11.9. The van der Waals surface area contributed by atoms with Gasteiger partial charge >= 0.3 is 0 Å². The minimum Gasteiger partial charge on any atom is -0.291 e. The molecule has 0 aliphatic heterocycles. The Balaban J connectivity index is 1.27. The van der Waals surface area contributed by atoms with Gasteiger partial charge in [0.15, 0.2) is 0 Å². The Morgan fingerprint density at radius 1 is 0.593 bits per heavy atom. The molecule has 4 heteroatoms. The van der Waals surface area contributed by atoms with E-state index in [-0.39, 0.29) is 0 Å². The molecule has 4 aromatic rings. The number of rotatable bonds is 6. The minimum absolute atomic E-state index is 0.733. The molecule has 0 amide bonds. The van der Waals surface area contributed by atoms with Gasteiger partial charge in [0, 0.05) is 36.3 Å². The van der Waals surface area contributed by atoms with Gasteiger partial charge in [-0.15, -0.1) is 0 Å². The molecule has 0 unspecified atom stereocenters. The number of pyridine rings is 2. The molecule has 0 aliphatic rings. The zero-order valence-corrected chi connectivity index (χ0v) is 15.0. The van der Waals surface area contributed by atoms with Crippen molar-refractivity contribution in [3.05, 3.63) is 84.2 Å². The van der Waals surface area contributed by atoms with Crippen LogP contribution in [0.5, 0.6) is 0 Å². The summed E-state index contributed by atoms with van der Waals surface area (Å²) in [6.07, 6.45) is 4.57. The van der Waals surface area contributed by atoms with Crippen LogP contribution >= 0.6 is 0 Å². The third-order valence-corrected chi connectivity index (χ3v) is 4.26. The van der Waals surface area contributed by atoms with Crippen LogP contribution in [-0.4, -0.2) is 35.5 Å². The molecule has 27 heavy (non-hydrogen) atoms. The first-order valence-electron chi connectivity index (χ1n) is 9.10. The Hall–Kier alpha value is -3.40. The van der Waals surface area contributed by atoms with Crippen LogP contribution in [0.15, 0.2) is 82.8 Å². The van der Waals surface area contributed by atoms with E-state index < -0.39 is 0 Å². The summed E-state index contributed by atoms with van der Waals surface area (Å²) in [5, 5.41) is 2.29. The maximum Gasteiger partial charge on any atom is 0.0815 e. The number of hydrogen-bond acceptors (Lipinski definition) is 4. The van der Waals surface area contributed by atoms with Crippen LogP contribution in [0.4, 0.5) is 0 Å². The molecule has 2 heterocycles. The largest absolute Gasteiger partial charge is 0.291 e. The van der Waals surface area contributed by atoms with E-state index in [1.54, 1.807) is 0 Å². The Labute approximate surface area is 158 Å². The predicted octanol–water partition coefficient (Wildman–Crippen LogP) is 4.71. The Morgan fingerprint density at radius 2 is 1.07 bits per heavy atom. The van der Waals surface area contributed by atoms with Crippen LogP contribution < -0.4 is 0 Å². The van der Waals surface area contributed by atoms with E-state index in [9.17, 15) is 0 Å². The molecule has 4 nitrogen and oxygen atoms in total. The van der Waals surface area contributed by atoms with Gasteiger partial charge in [-0.25, -0.2) is 9.97 Å². The van der Waals surface area contributed by atoms with Crippen LogP contribution in [-0.2, 0) is 0 Å². The fourth-order valence-corrected chi connectivity index (χ4v) is 2.88. The molecule has 0 spiro atoms. The topological polar surface area (TPSA) is 50.5 Å². The molecule has 132 valence electrons. The zero-order chi connectivity index (χ0) is 18.3. The van der Waals surface area contributed by atoms with Crippen molar-refractivity contribution in [1.29, 1.82) is 0 Å². The quantitative estimate of drug-likeness (QED) is 0.373. The Bertz CT molecular complexity index is 1030. The average molecular weight is 352 g/mol. The zero-order valence-electron chi connectivity index (χ0n) is 15.0. The highest BCUT2D eigenvalue weighted by atomic mass is 14.8. The summed E-state index contributed by atoms with van der Waals surface area (Å²) >= 11 is 0. The van der Waals surface area contributed by atoms with Crippen LogP contribution in [0.1, 0.15) is 17.8 Å². The van der Waals surface area contributed by atoms with Crippen LogP contribution in [0.25, 0.3) is 21.8 Å². The molecule has 0 radical (unpaired) electrons. The summed E-state index contributed by atoms with van der Waals surface area (Å²) in [5.74, 6) is 0. The SMILES string of the molecule is C(=NCCCN=Cc1ccc2ccccc2n1)c1ccc2ccccc2n1. The number of fused-ring (bicyclic) bond motifs is 2. The lowest BCUT2D eigenvalue weighted by Gasteiger charge is -1.98. The fraction of sp³-hybridized carbons (Fsp3) is 0.130. The first-order chi connectivity index (χ1) is 13.4. The van der Waals surface area contributed by atoms with Crippen molar-refractivity contribution in [2.45, 2.75) is 6.42 Å². The summed E-state index contributed by atoms with van der Waals surface area (Å²) in [7, 11) is 0. The van der Waals surface area contributed by atoms with Crippen molar-refractivity contribution in [2.24, 2.45) is 9.98 Å². The van der Waals surface area contributed by atoms with Crippen molar-refractivity contribution in [3.63, 3.8) is 0 Å². The van der Waals surface area contributed by atoms with Crippen molar-refractivity contribution >= 4 is 34.2 Å². The van der Waals surface area contributed by atoms with Gasteiger partial charge in [0.2, 0.25) is 0 Å². The van der Waals surface area contributed by atoms with Gasteiger partial charge in [0.05, 0.1) is 22.4 Å². The molecule has 0 bridgehead atoms. The number of para-hydroxylation sites is 2. The Morgan fingerprint density at radius 3 is 1.59 bits per heavy atom. The molecule has 0 N–H and O–H groups in total. The van der Waals surface area contributed by atoms with E-state index in [4.69, 9.17) is 0 Å². The van der Waals surface area contributed by atoms with Gasteiger partial charge in [0.1, 0.15) is 0 Å². The number of aliphatic imine (C=N–C) groups is 2. The van der Waals surface area contributed by atoms with E-state index in [1.807, 2.05) is 61.0 Å². The predicted molar refractivity (Wildman–Crippen MR) is 113 cm³/mol. The van der Waals surface area contributed by atoms with Crippen molar-refractivity contribution in [3.8, 4) is 0 Å². The lowest BCUT2D eigenvalue weighted by Crippen LogP contribution is -1.93. The second-order valence-corrected chi connectivity index (χ2v) is 6.28. The highest BCUT2D eigenvalue weighted by Crippen LogP contribution is 2.11. The van der Waals surface area contributed by atoms with Gasteiger partial charge < -0.3 is 0 Å². The maximum atomic E-state index is 4.59. The van der Waals surface area contributed by atoms with Crippen molar-refractivity contribution < 1.29 is 0 Å². The molecule has 4 rings (SSSR count). The monoisotopic (exact) mass is 352 g/mol. The summed E-state index contributed by atoms with van der Waals surface area (Å²) in [5.41, 5.74) is 3.76. The van der Waals surface area contributed by atoms with Gasteiger partial charge in [-0.05, 0) is 30.7 Å².